The lowest BCUT2D eigenvalue weighted by Crippen LogP contribution is -2.29. The van der Waals surface area contributed by atoms with Gasteiger partial charge in [-0.05, 0) is 38.0 Å². The van der Waals surface area contributed by atoms with Crippen molar-refractivity contribution < 1.29 is 17.9 Å². The molecule has 1 aromatic rings. The molecular formula is C13H21ClN2O4S. The number of benzene rings is 1. The van der Waals surface area contributed by atoms with Gasteiger partial charge < -0.3 is 10.5 Å². The van der Waals surface area contributed by atoms with Crippen LogP contribution in [0.4, 0.5) is 0 Å². The highest BCUT2D eigenvalue weighted by Crippen LogP contribution is 2.16. The fraction of sp³-hybridized carbons (Fsp3) is 0.462. The molecule has 21 heavy (non-hydrogen) atoms. The fourth-order valence-electron chi connectivity index (χ4n) is 1.60. The maximum Gasteiger partial charge on any atom is 0.338 e. The van der Waals surface area contributed by atoms with E-state index in [-0.39, 0.29) is 35.5 Å². The van der Waals surface area contributed by atoms with Crippen molar-refractivity contribution in [1.29, 1.82) is 0 Å². The average molecular weight is 337 g/mol. The van der Waals surface area contributed by atoms with Gasteiger partial charge >= 0.3 is 5.97 Å². The van der Waals surface area contributed by atoms with Crippen LogP contribution in [0.15, 0.2) is 23.1 Å². The maximum absolute atomic E-state index is 12.1. The topological polar surface area (TPSA) is 98.5 Å². The number of hydrogen-bond acceptors (Lipinski definition) is 5. The number of aryl methyl sites for hydroxylation is 1. The molecule has 8 heteroatoms. The fourth-order valence-corrected chi connectivity index (χ4v) is 2.68. The molecule has 0 saturated heterocycles. The van der Waals surface area contributed by atoms with Gasteiger partial charge in [0.25, 0.3) is 0 Å². The predicted molar refractivity (Wildman–Crippen MR) is 83.2 cm³/mol. The molecular weight excluding hydrogens is 316 g/mol. The molecule has 0 spiro atoms. The van der Waals surface area contributed by atoms with Gasteiger partial charge in [0.1, 0.15) is 0 Å². The molecule has 0 aliphatic rings. The number of nitrogens with one attached hydrogen (secondary N) is 1. The maximum atomic E-state index is 12.1. The van der Waals surface area contributed by atoms with Gasteiger partial charge in [0.2, 0.25) is 10.0 Å². The molecule has 1 unspecified atom stereocenters. The number of methoxy groups -OCH3 is 1. The van der Waals surface area contributed by atoms with Crippen LogP contribution in [0.1, 0.15) is 29.3 Å². The minimum atomic E-state index is -3.65. The third-order valence-corrected chi connectivity index (χ3v) is 4.28. The van der Waals surface area contributed by atoms with Crippen molar-refractivity contribution in [2.75, 3.05) is 13.7 Å². The Morgan fingerprint density at radius 3 is 2.57 bits per heavy atom. The monoisotopic (exact) mass is 336 g/mol. The SMILES string of the molecule is COC(=O)c1cc(S(=O)(=O)NCCC(C)N)ccc1C.Cl. The van der Waals surface area contributed by atoms with Crippen LogP contribution < -0.4 is 10.5 Å². The van der Waals surface area contributed by atoms with Crippen LogP contribution in [0.2, 0.25) is 0 Å². The zero-order valence-corrected chi connectivity index (χ0v) is 13.9. The summed E-state index contributed by atoms with van der Waals surface area (Å²) in [5.41, 5.74) is 6.46. The Morgan fingerprint density at radius 1 is 1.43 bits per heavy atom. The van der Waals surface area contributed by atoms with Gasteiger partial charge in [-0.25, -0.2) is 17.9 Å². The number of ether oxygens (including phenoxy) is 1. The Hall–Kier alpha value is -1.15. The Bertz CT molecular complexity index is 588. The molecule has 0 heterocycles. The molecule has 1 atom stereocenters. The number of rotatable bonds is 6. The first-order valence-corrected chi connectivity index (χ1v) is 7.70. The van der Waals surface area contributed by atoms with Gasteiger partial charge in [-0.2, -0.15) is 0 Å². The number of nitrogens with two attached hydrogens (primary N) is 1. The summed E-state index contributed by atoms with van der Waals surface area (Å²) in [6.07, 6.45) is 0.537. The number of halogens is 1. The van der Waals surface area contributed by atoms with E-state index >= 15 is 0 Å². The van der Waals surface area contributed by atoms with E-state index in [4.69, 9.17) is 5.73 Å². The van der Waals surface area contributed by atoms with Crippen LogP contribution in [0.25, 0.3) is 0 Å². The van der Waals surface area contributed by atoms with Crippen molar-refractivity contribution in [3.05, 3.63) is 29.3 Å². The van der Waals surface area contributed by atoms with Crippen molar-refractivity contribution in [3.8, 4) is 0 Å². The van der Waals surface area contributed by atoms with Crippen molar-refractivity contribution in [3.63, 3.8) is 0 Å². The molecule has 120 valence electrons. The van der Waals surface area contributed by atoms with E-state index in [0.29, 0.717) is 12.0 Å². The lowest BCUT2D eigenvalue weighted by atomic mass is 10.1. The van der Waals surface area contributed by atoms with Gasteiger partial charge in [0, 0.05) is 12.6 Å². The summed E-state index contributed by atoms with van der Waals surface area (Å²) in [7, 11) is -2.40. The Labute approximate surface area is 131 Å². The zero-order valence-electron chi connectivity index (χ0n) is 12.3. The van der Waals surface area contributed by atoms with E-state index < -0.39 is 16.0 Å². The summed E-state index contributed by atoms with van der Waals surface area (Å²) in [6.45, 7) is 3.77. The van der Waals surface area contributed by atoms with Crippen LogP contribution in [-0.2, 0) is 14.8 Å². The smallest absolute Gasteiger partial charge is 0.338 e. The molecule has 3 N–H and O–H groups in total. The van der Waals surface area contributed by atoms with Gasteiger partial charge in [-0.15, -0.1) is 12.4 Å². The van der Waals surface area contributed by atoms with E-state index in [9.17, 15) is 13.2 Å². The molecule has 0 aromatic heterocycles. The molecule has 1 rings (SSSR count). The van der Waals surface area contributed by atoms with E-state index in [2.05, 4.69) is 9.46 Å². The summed E-state index contributed by atoms with van der Waals surface area (Å²) >= 11 is 0. The summed E-state index contributed by atoms with van der Waals surface area (Å²) in [4.78, 5) is 11.6. The third-order valence-electron chi connectivity index (χ3n) is 2.82. The van der Waals surface area contributed by atoms with E-state index in [1.807, 2.05) is 0 Å². The number of hydrogen-bond donors (Lipinski definition) is 2. The average Bonchev–Trinajstić information content (AvgIpc) is 2.37. The first-order chi connectivity index (χ1) is 9.27. The quantitative estimate of drug-likeness (QED) is 0.761. The van der Waals surface area contributed by atoms with Crippen LogP contribution in [0.5, 0.6) is 0 Å². The van der Waals surface area contributed by atoms with Crippen LogP contribution >= 0.6 is 12.4 Å². The largest absolute Gasteiger partial charge is 0.465 e. The zero-order chi connectivity index (χ0) is 15.3. The Kier molecular flexibility index (Phi) is 7.87. The van der Waals surface area contributed by atoms with Gasteiger partial charge in [-0.1, -0.05) is 6.07 Å². The first-order valence-electron chi connectivity index (χ1n) is 6.22. The second kappa shape index (κ2) is 8.33. The summed E-state index contributed by atoms with van der Waals surface area (Å²) < 4.78 is 31.2. The van der Waals surface area contributed by atoms with Gasteiger partial charge in [0.15, 0.2) is 0 Å². The molecule has 0 bridgehead atoms. The van der Waals surface area contributed by atoms with Crippen molar-refractivity contribution in [2.24, 2.45) is 5.73 Å². The van der Waals surface area contributed by atoms with Crippen LogP contribution in [-0.4, -0.2) is 34.1 Å². The standard InChI is InChI=1S/C13H20N2O4S.ClH/c1-9-4-5-11(8-12(9)13(16)19-3)20(17,18)15-7-6-10(2)14;/h4-5,8,10,15H,6-7,14H2,1-3H3;1H. The van der Waals surface area contributed by atoms with Gasteiger partial charge in [-0.3, -0.25) is 0 Å². The van der Waals surface area contributed by atoms with E-state index in [1.165, 1.54) is 19.2 Å². The molecule has 0 saturated carbocycles. The molecule has 0 aliphatic carbocycles. The highest BCUT2D eigenvalue weighted by atomic mass is 35.5. The van der Waals surface area contributed by atoms with E-state index in [1.54, 1.807) is 19.9 Å². The van der Waals surface area contributed by atoms with Crippen molar-refractivity contribution in [1.82, 2.24) is 4.72 Å². The Morgan fingerprint density at radius 2 is 2.05 bits per heavy atom. The van der Waals surface area contributed by atoms with Crippen LogP contribution in [0.3, 0.4) is 0 Å². The number of esters is 1. The second-order valence-electron chi connectivity index (χ2n) is 4.63. The summed E-state index contributed by atoms with van der Waals surface area (Å²) in [5.74, 6) is -0.560. The summed E-state index contributed by atoms with van der Waals surface area (Å²) in [6, 6.07) is 4.26. The van der Waals surface area contributed by atoms with Crippen LogP contribution in [0, 0.1) is 6.92 Å². The second-order valence-corrected chi connectivity index (χ2v) is 6.40. The highest BCUT2D eigenvalue weighted by Gasteiger charge is 2.18. The third kappa shape index (κ3) is 5.62. The van der Waals surface area contributed by atoms with E-state index in [0.717, 1.165) is 0 Å². The van der Waals surface area contributed by atoms with Gasteiger partial charge in [0.05, 0.1) is 17.6 Å². The molecule has 0 fully saturated rings. The first kappa shape index (κ1) is 19.9. The molecule has 1 aromatic carbocycles. The number of carbonyl (C=O) groups excluding carboxylic acids is 1. The highest BCUT2D eigenvalue weighted by molar-refractivity contribution is 7.89. The lowest BCUT2D eigenvalue weighted by molar-refractivity contribution is 0.0599. The number of carbonyl (C=O) groups is 1. The minimum absolute atomic E-state index is 0. The molecule has 0 radical (unpaired) electrons. The number of sulfonamides is 1. The molecule has 6 nitrogen and oxygen atoms in total. The van der Waals surface area contributed by atoms with Crippen molar-refractivity contribution in [2.45, 2.75) is 31.2 Å². The Balaban J connectivity index is 0.00000400. The summed E-state index contributed by atoms with van der Waals surface area (Å²) in [5, 5.41) is 0. The minimum Gasteiger partial charge on any atom is -0.465 e. The lowest BCUT2D eigenvalue weighted by Gasteiger charge is -2.10. The van der Waals surface area contributed by atoms with Crippen molar-refractivity contribution >= 4 is 28.4 Å². The molecule has 0 aliphatic heterocycles. The normalized spacial score (nSPS) is 12.4. The molecule has 0 amide bonds. The predicted octanol–water partition coefficient (Wildman–Crippen LogP) is 1.22.